The van der Waals surface area contributed by atoms with Crippen LogP contribution < -0.4 is 5.32 Å². The molecule has 258 valence electrons. The van der Waals surface area contributed by atoms with Crippen molar-refractivity contribution in [1.29, 1.82) is 0 Å². The average Bonchev–Trinajstić information content (AvgIpc) is 3.61. The number of rotatable bonds is 11. The molecule has 0 saturated carbocycles. The van der Waals surface area contributed by atoms with Gasteiger partial charge in [0.2, 0.25) is 0 Å². The van der Waals surface area contributed by atoms with Crippen LogP contribution in [-0.4, -0.2) is 99.2 Å². The lowest BCUT2D eigenvalue weighted by atomic mass is 9.84. The van der Waals surface area contributed by atoms with E-state index in [0.717, 1.165) is 16.8 Å². The number of hydrogen-bond donors (Lipinski definition) is 5. The Morgan fingerprint density at radius 1 is 1.17 bits per heavy atom. The minimum absolute atomic E-state index is 0.0109. The first kappa shape index (κ1) is 36.7. The van der Waals surface area contributed by atoms with Gasteiger partial charge in [0.1, 0.15) is 23.7 Å². The van der Waals surface area contributed by atoms with E-state index in [1.165, 1.54) is 23.5 Å². The number of halogens is 4. The Hall–Kier alpha value is -3.09. The quantitative estimate of drug-likeness (QED) is 0.186. The van der Waals surface area contributed by atoms with Crippen molar-refractivity contribution in [3.8, 4) is 5.69 Å². The van der Waals surface area contributed by atoms with E-state index in [9.17, 15) is 22.8 Å². The van der Waals surface area contributed by atoms with Gasteiger partial charge in [-0.15, -0.1) is 11.3 Å². The van der Waals surface area contributed by atoms with Crippen LogP contribution in [0.5, 0.6) is 0 Å². The number of alkyl halides is 2. The van der Waals surface area contributed by atoms with Gasteiger partial charge < -0.3 is 35.2 Å². The fourth-order valence-corrected chi connectivity index (χ4v) is 6.90. The summed E-state index contributed by atoms with van der Waals surface area (Å²) in [6, 6.07) is 6.41. The minimum Gasteiger partial charge on any atom is -0.479 e. The zero-order valence-corrected chi connectivity index (χ0v) is 27.2. The van der Waals surface area contributed by atoms with Gasteiger partial charge in [0, 0.05) is 62.0 Å². The number of para-hydroxylation sites is 1. The number of aliphatic hydroxyl groups is 2. The topological polar surface area (TPSA) is 167 Å². The van der Waals surface area contributed by atoms with Crippen molar-refractivity contribution in [3.05, 3.63) is 67.9 Å². The molecule has 1 saturated heterocycles. The average molecular weight is 705 g/mol. The van der Waals surface area contributed by atoms with Gasteiger partial charge in [-0.1, -0.05) is 23.7 Å². The number of carboxylic acids is 2. The van der Waals surface area contributed by atoms with Gasteiger partial charge in [-0.3, -0.25) is 4.90 Å². The molecule has 0 bridgehead atoms. The summed E-state index contributed by atoms with van der Waals surface area (Å²) in [4.78, 5) is 22.4. The third kappa shape index (κ3) is 8.50. The SMILES string of the molecule is COCCNCc1cccc(F)c1-n1cc(CN2CCC3(CC2)OCC(F)(F)c2cc(Cl)sc23)c(C)n1.O=C(O)[C@H](O)[C@@H](O)C(=O)O. The zero-order valence-electron chi connectivity index (χ0n) is 25.6. The first-order valence-corrected chi connectivity index (χ1v) is 15.8. The number of fused-ring (bicyclic) bond motifs is 2. The van der Waals surface area contributed by atoms with Crippen molar-refractivity contribution in [2.45, 2.75) is 56.6 Å². The number of carbonyl (C=O) groups is 2. The number of aliphatic carboxylic acids is 2. The Balaban J connectivity index is 0.000000434. The predicted octanol–water partition coefficient (Wildman–Crippen LogP) is 3.26. The number of ether oxygens (including phenoxy) is 2. The number of carboxylic acid groups (broad SMARTS) is 2. The molecule has 1 aromatic carbocycles. The molecule has 12 nitrogen and oxygen atoms in total. The Kier molecular flexibility index (Phi) is 12.1. The number of benzene rings is 1. The molecule has 0 unspecified atom stereocenters. The van der Waals surface area contributed by atoms with Gasteiger partial charge in [-0.25, -0.2) is 18.7 Å². The third-order valence-electron chi connectivity index (χ3n) is 8.00. The standard InChI is InChI=1S/C26H30ClF3N4O2S.C4H6O6/c1-17-19(15-34(32-17)23-18(4-3-5-21(23)28)13-31-8-11-35-2)14-33-9-6-25(7-10-33)24-20(12-22(27)37-24)26(29,30)16-36-25;5-1(3(7)8)2(6)4(9)10/h3-5,12,15,31H,6-11,13-14,16H2,1-2H3;1-2,5-6H,(H,7,8)(H,9,10)/t;1-,2-/m.1/s1. The molecular formula is C30H36ClF3N4O8S. The molecule has 2 atom stereocenters. The summed E-state index contributed by atoms with van der Waals surface area (Å²) in [5.74, 6) is -6.89. The minimum atomic E-state index is -3.02. The van der Waals surface area contributed by atoms with Crippen molar-refractivity contribution in [1.82, 2.24) is 20.0 Å². The van der Waals surface area contributed by atoms with Gasteiger partial charge in [-0.05, 0) is 37.5 Å². The lowest BCUT2D eigenvalue weighted by Gasteiger charge is -2.45. The molecule has 1 spiro atoms. The second-order valence-electron chi connectivity index (χ2n) is 11.2. The van der Waals surface area contributed by atoms with E-state index in [-0.39, 0.29) is 11.4 Å². The molecule has 47 heavy (non-hydrogen) atoms. The van der Waals surface area contributed by atoms with Crippen LogP contribution in [0.3, 0.4) is 0 Å². The number of aryl methyl sites for hydroxylation is 1. The van der Waals surface area contributed by atoms with Crippen LogP contribution in [-0.2, 0) is 43.7 Å². The van der Waals surface area contributed by atoms with Crippen molar-refractivity contribution >= 4 is 34.9 Å². The molecule has 3 aromatic rings. The second-order valence-corrected chi connectivity index (χ2v) is 12.9. The summed E-state index contributed by atoms with van der Waals surface area (Å²) in [7, 11) is 1.64. The van der Waals surface area contributed by atoms with Crippen molar-refractivity contribution in [3.63, 3.8) is 0 Å². The Bertz CT molecular complexity index is 1550. The van der Waals surface area contributed by atoms with Crippen molar-refractivity contribution < 1.29 is 52.7 Å². The zero-order chi connectivity index (χ0) is 34.5. The lowest BCUT2D eigenvalue weighted by Crippen LogP contribution is -2.48. The predicted molar refractivity (Wildman–Crippen MR) is 164 cm³/mol. The van der Waals surface area contributed by atoms with Crippen LogP contribution in [0.1, 0.15) is 40.1 Å². The number of methoxy groups -OCH3 is 1. The van der Waals surface area contributed by atoms with Crippen LogP contribution in [0.4, 0.5) is 13.2 Å². The first-order chi connectivity index (χ1) is 22.2. The highest BCUT2D eigenvalue weighted by atomic mass is 35.5. The summed E-state index contributed by atoms with van der Waals surface area (Å²) >= 11 is 7.32. The van der Waals surface area contributed by atoms with Gasteiger partial charge in [0.15, 0.2) is 12.2 Å². The molecule has 0 radical (unpaired) electrons. The highest BCUT2D eigenvalue weighted by Gasteiger charge is 2.51. The summed E-state index contributed by atoms with van der Waals surface area (Å²) in [6.45, 7) is 5.01. The fraction of sp³-hybridized carbons (Fsp3) is 0.500. The van der Waals surface area contributed by atoms with E-state index in [0.29, 0.717) is 67.1 Å². The highest BCUT2D eigenvalue weighted by molar-refractivity contribution is 7.16. The molecule has 17 heteroatoms. The Labute approximate surface area is 277 Å². The van der Waals surface area contributed by atoms with E-state index in [1.54, 1.807) is 17.9 Å². The van der Waals surface area contributed by atoms with Crippen LogP contribution in [0.15, 0.2) is 30.5 Å². The summed E-state index contributed by atoms with van der Waals surface area (Å²) < 4.78 is 56.6. The maximum Gasteiger partial charge on any atom is 0.335 e. The molecule has 2 aliphatic heterocycles. The maximum atomic E-state index is 14.9. The van der Waals surface area contributed by atoms with Gasteiger partial charge in [0.05, 0.1) is 16.6 Å². The molecule has 4 heterocycles. The smallest absolute Gasteiger partial charge is 0.335 e. The molecule has 2 aliphatic rings. The van der Waals surface area contributed by atoms with E-state index < -0.39 is 42.3 Å². The number of likely N-dealkylation sites (tertiary alicyclic amines) is 1. The van der Waals surface area contributed by atoms with Crippen LogP contribution in [0.25, 0.3) is 5.69 Å². The maximum absolute atomic E-state index is 14.9. The van der Waals surface area contributed by atoms with E-state index in [4.69, 9.17) is 41.5 Å². The molecular weight excluding hydrogens is 669 g/mol. The number of aromatic nitrogens is 2. The largest absolute Gasteiger partial charge is 0.479 e. The first-order valence-electron chi connectivity index (χ1n) is 14.6. The molecule has 1 fully saturated rings. The number of nitrogens with zero attached hydrogens (tertiary/aromatic N) is 3. The van der Waals surface area contributed by atoms with Crippen molar-refractivity contribution in [2.75, 3.05) is 40.0 Å². The second kappa shape index (κ2) is 15.4. The Morgan fingerprint density at radius 2 is 1.83 bits per heavy atom. The monoisotopic (exact) mass is 704 g/mol. The fourth-order valence-electron chi connectivity index (χ4n) is 5.42. The summed E-state index contributed by atoms with van der Waals surface area (Å²) in [5, 5.41) is 40.4. The number of piperidine rings is 1. The summed E-state index contributed by atoms with van der Waals surface area (Å²) in [5.41, 5.74) is 2.34. The van der Waals surface area contributed by atoms with E-state index >= 15 is 0 Å². The number of thiophene rings is 1. The van der Waals surface area contributed by atoms with Gasteiger partial charge >= 0.3 is 11.9 Å². The lowest BCUT2D eigenvalue weighted by molar-refractivity contribution is -0.182. The van der Waals surface area contributed by atoms with Crippen LogP contribution in [0.2, 0.25) is 4.34 Å². The van der Waals surface area contributed by atoms with E-state index in [2.05, 4.69) is 15.3 Å². The number of hydrogen-bond acceptors (Lipinski definition) is 10. The normalized spacial score (nSPS) is 18.2. The molecule has 0 aliphatic carbocycles. The van der Waals surface area contributed by atoms with Gasteiger partial charge in [-0.2, -0.15) is 13.9 Å². The van der Waals surface area contributed by atoms with Crippen LogP contribution >= 0.6 is 22.9 Å². The molecule has 2 aromatic heterocycles. The number of nitrogens with one attached hydrogen (secondary N) is 1. The molecule has 5 rings (SSSR count). The highest BCUT2D eigenvalue weighted by Crippen LogP contribution is 2.52. The Morgan fingerprint density at radius 3 is 2.45 bits per heavy atom. The summed E-state index contributed by atoms with van der Waals surface area (Å²) in [6.07, 6.45) is -1.45. The van der Waals surface area contributed by atoms with Gasteiger partial charge in [0.25, 0.3) is 5.92 Å². The third-order valence-corrected chi connectivity index (χ3v) is 9.45. The van der Waals surface area contributed by atoms with E-state index in [1.807, 2.05) is 19.2 Å². The number of aliphatic hydroxyl groups excluding tert-OH is 2. The van der Waals surface area contributed by atoms with Crippen molar-refractivity contribution in [2.24, 2.45) is 0 Å². The molecule has 0 amide bonds. The van der Waals surface area contributed by atoms with Crippen LogP contribution in [0, 0.1) is 12.7 Å². The molecule has 5 N–H and O–H groups in total.